The number of benzene rings is 1. The zero-order valence-electron chi connectivity index (χ0n) is 11.7. The Balaban J connectivity index is 2.50. The lowest BCUT2D eigenvalue weighted by molar-refractivity contribution is -0.123. The zero-order valence-corrected chi connectivity index (χ0v) is 13.3. The Hall–Kier alpha value is -1.27. The van der Waals surface area contributed by atoms with Gasteiger partial charge in [0.15, 0.2) is 0 Å². The number of rotatable bonds is 4. The molecule has 4 nitrogen and oxygen atoms in total. The summed E-state index contributed by atoms with van der Waals surface area (Å²) in [7, 11) is 0. The third kappa shape index (κ3) is 2.76. The summed E-state index contributed by atoms with van der Waals surface area (Å²) < 4.78 is 0. The second-order valence-electron chi connectivity index (χ2n) is 4.63. The highest BCUT2D eigenvalue weighted by atomic mass is 32.2. The van der Waals surface area contributed by atoms with E-state index in [2.05, 4.69) is 10.2 Å². The van der Waals surface area contributed by atoms with Crippen LogP contribution in [-0.4, -0.2) is 36.3 Å². The van der Waals surface area contributed by atoms with E-state index in [1.807, 2.05) is 31.4 Å². The molecule has 0 spiro atoms. The lowest BCUT2D eigenvalue weighted by Crippen LogP contribution is -2.55. The number of nitrogens with two attached hydrogens (primary N) is 1. The maximum atomic E-state index is 12.0. The van der Waals surface area contributed by atoms with E-state index in [9.17, 15) is 4.79 Å². The van der Waals surface area contributed by atoms with Gasteiger partial charge in [0.25, 0.3) is 0 Å². The molecule has 1 heterocycles. The van der Waals surface area contributed by atoms with Gasteiger partial charge in [-0.1, -0.05) is 25.2 Å². The van der Waals surface area contributed by atoms with Crippen LogP contribution in [-0.2, 0) is 4.79 Å². The topological polar surface area (TPSA) is 58.4 Å². The number of nitrogens with one attached hydrogen (secondary N) is 1. The molecule has 1 amide bonds. The third-order valence-electron chi connectivity index (χ3n) is 3.50. The summed E-state index contributed by atoms with van der Waals surface area (Å²) in [5, 5.41) is 2.91. The number of carbonyl (C=O) groups excluding carboxylic acids is 1. The van der Waals surface area contributed by atoms with E-state index in [0.717, 1.165) is 29.1 Å². The normalized spacial score (nSPS) is 18.8. The minimum atomic E-state index is -0.158. The van der Waals surface area contributed by atoms with Gasteiger partial charge in [-0.2, -0.15) is 0 Å². The maximum absolute atomic E-state index is 12.0. The molecule has 1 aromatic carbocycles. The van der Waals surface area contributed by atoms with E-state index in [1.54, 1.807) is 11.8 Å². The Kier molecular flexibility index (Phi) is 4.88. The number of thiocarbonyl (C=S) groups is 1. The van der Waals surface area contributed by atoms with Gasteiger partial charge in [0.2, 0.25) is 5.91 Å². The lowest BCUT2D eigenvalue weighted by Gasteiger charge is -2.37. The average molecular weight is 309 g/mol. The molecule has 1 aromatic rings. The molecule has 0 radical (unpaired) electrons. The van der Waals surface area contributed by atoms with Crippen LogP contribution in [0, 0.1) is 0 Å². The van der Waals surface area contributed by atoms with Crippen LogP contribution >= 0.6 is 24.0 Å². The predicted molar refractivity (Wildman–Crippen MR) is 88.5 cm³/mol. The molecule has 1 unspecified atom stereocenters. The second-order valence-corrected chi connectivity index (χ2v) is 5.92. The average Bonchev–Trinajstić information content (AvgIpc) is 2.45. The van der Waals surface area contributed by atoms with Gasteiger partial charge in [0.05, 0.1) is 0 Å². The van der Waals surface area contributed by atoms with Crippen LogP contribution < -0.4 is 16.0 Å². The van der Waals surface area contributed by atoms with Crippen molar-refractivity contribution in [3.05, 3.63) is 23.8 Å². The lowest BCUT2D eigenvalue weighted by atomic mass is 10.1. The van der Waals surface area contributed by atoms with Gasteiger partial charge >= 0.3 is 0 Å². The molecule has 1 saturated heterocycles. The molecule has 1 atom stereocenters. The van der Waals surface area contributed by atoms with Crippen molar-refractivity contribution in [1.82, 2.24) is 5.32 Å². The number of hydrogen-bond acceptors (Lipinski definition) is 4. The van der Waals surface area contributed by atoms with Crippen LogP contribution in [0.1, 0.15) is 18.9 Å². The summed E-state index contributed by atoms with van der Waals surface area (Å²) in [6.07, 6.45) is 2.76. The van der Waals surface area contributed by atoms with Crippen molar-refractivity contribution in [1.29, 1.82) is 0 Å². The summed E-state index contributed by atoms with van der Waals surface area (Å²) in [4.78, 5) is 15.6. The summed E-state index contributed by atoms with van der Waals surface area (Å²) in [6.45, 7) is 3.44. The van der Waals surface area contributed by atoms with E-state index in [1.165, 1.54) is 0 Å². The molecule has 108 valence electrons. The minimum Gasteiger partial charge on any atom is -0.389 e. The minimum absolute atomic E-state index is 0.0715. The fraction of sp³-hybridized carbons (Fsp3) is 0.429. The fourth-order valence-electron chi connectivity index (χ4n) is 2.59. The van der Waals surface area contributed by atoms with Gasteiger partial charge in [-0.3, -0.25) is 4.79 Å². The first-order valence-electron chi connectivity index (χ1n) is 6.61. The Bertz CT molecular complexity index is 533. The van der Waals surface area contributed by atoms with Gasteiger partial charge in [-0.05, 0) is 24.8 Å². The Morgan fingerprint density at radius 1 is 1.60 bits per heavy atom. The van der Waals surface area contributed by atoms with Crippen LogP contribution in [0.3, 0.4) is 0 Å². The summed E-state index contributed by atoms with van der Waals surface area (Å²) in [5.41, 5.74) is 7.75. The maximum Gasteiger partial charge on any atom is 0.242 e. The van der Waals surface area contributed by atoms with E-state index in [0.29, 0.717) is 11.5 Å². The number of piperazine rings is 1. The second kappa shape index (κ2) is 6.45. The highest BCUT2D eigenvalue weighted by molar-refractivity contribution is 7.98. The number of anilines is 1. The molecular formula is C14H19N3OS2. The summed E-state index contributed by atoms with van der Waals surface area (Å²) in [5.74, 6) is 0.0715. The number of hydrogen-bond donors (Lipinski definition) is 2. The summed E-state index contributed by atoms with van der Waals surface area (Å²) in [6, 6.07) is 5.83. The van der Waals surface area contributed by atoms with Crippen molar-refractivity contribution in [2.24, 2.45) is 5.73 Å². The van der Waals surface area contributed by atoms with E-state index in [4.69, 9.17) is 18.0 Å². The first-order valence-corrected chi connectivity index (χ1v) is 8.24. The van der Waals surface area contributed by atoms with Crippen LogP contribution in [0.4, 0.5) is 5.69 Å². The number of carbonyl (C=O) groups is 1. The number of nitrogens with zero attached hydrogens (tertiary/aromatic N) is 1. The Labute approximate surface area is 129 Å². The number of amides is 1. The van der Waals surface area contributed by atoms with Crippen molar-refractivity contribution in [3.8, 4) is 0 Å². The molecule has 0 aliphatic carbocycles. The molecule has 1 aliphatic rings. The quantitative estimate of drug-likeness (QED) is 0.655. The Morgan fingerprint density at radius 3 is 2.95 bits per heavy atom. The molecular weight excluding hydrogens is 290 g/mol. The van der Waals surface area contributed by atoms with Gasteiger partial charge in [-0.25, -0.2) is 0 Å². The first kappa shape index (κ1) is 15.1. The standard InChI is InChI=1S/C14H19N3OS2/c1-3-9-14(18)16-7-8-17(9)10-5-4-6-11(20-2)12(10)13(15)19/h4-6,9H,3,7-8H2,1-2H3,(H2,15,19)(H,16,18). The zero-order chi connectivity index (χ0) is 14.7. The van der Waals surface area contributed by atoms with Gasteiger partial charge in [-0.15, -0.1) is 11.8 Å². The van der Waals surface area contributed by atoms with Crippen molar-refractivity contribution in [2.45, 2.75) is 24.3 Å². The highest BCUT2D eigenvalue weighted by Gasteiger charge is 2.30. The first-order chi connectivity index (χ1) is 9.60. The van der Waals surface area contributed by atoms with Crippen molar-refractivity contribution in [2.75, 3.05) is 24.2 Å². The molecule has 6 heteroatoms. The van der Waals surface area contributed by atoms with Crippen LogP contribution in [0.25, 0.3) is 0 Å². The summed E-state index contributed by atoms with van der Waals surface area (Å²) >= 11 is 6.83. The van der Waals surface area contributed by atoms with E-state index >= 15 is 0 Å². The number of thioether (sulfide) groups is 1. The molecule has 1 fully saturated rings. The molecule has 0 aromatic heterocycles. The van der Waals surface area contributed by atoms with E-state index in [-0.39, 0.29) is 11.9 Å². The van der Waals surface area contributed by atoms with Crippen molar-refractivity contribution >= 4 is 40.6 Å². The molecule has 0 saturated carbocycles. The predicted octanol–water partition coefficient (Wildman–Crippen LogP) is 1.76. The molecule has 1 aliphatic heterocycles. The molecule has 3 N–H and O–H groups in total. The molecule has 0 bridgehead atoms. The van der Waals surface area contributed by atoms with Crippen molar-refractivity contribution in [3.63, 3.8) is 0 Å². The van der Waals surface area contributed by atoms with E-state index < -0.39 is 0 Å². The monoisotopic (exact) mass is 309 g/mol. The van der Waals surface area contributed by atoms with Crippen LogP contribution in [0.15, 0.2) is 23.1 Å². The smallest absolute Gasteiger partial charge is 0.242 e. The molecule has 20 heavy (non-hydrogen) atoms. The highest BCUT2D eigenvalue weighted by Crippen LogP contribution is 2.31. The Morgan fingerprint density at radius 2 is 2.35 bits per heavy atom. The molecule has 2 rings (SSSR count). The van der Waals surface area contributed by atoms with Gasteiger partial charge in [0, 0.05) is 29.2 Å². The largest absolute Gasteiger partial charge is 0.389 e. The van der Waals surface area contributed by atoms with Crippen LogP contribution in [0.5, 0.6) is 0 Å². The van der Waals surface area contributed by atoms with Crippen molar-refractivity contribution < 1.29 is 4.79 Å². The third-order valence-corrected chi connectivity index (χ3v) is 4.48. The van der Waals surface area contributed by atoms with Crippen LogP contribution in [0.2, 0.25) is 0 Å². The fourth-order valence-corrected chi connectivity index (χ4v) is 3.50. The van der Waals surface area contributed by atoms with Gasteiger partial charge in [0.1, 0.15) is 11.0 Å². The SMILES string of the molecule is CCC1C(=O)NCCN1c1cccc(SC)c1C(N)=S. The van der Waals surface area contributed by atoms with Gasteiger partial charge < -0.3 is 16.0 Å².